The Bertz CT molecular complexity index is 1720. The van der Waals surface area contributed by atoms with Crippen LogP contribution < -0.4 is 10.9 Å². The number of aromatic nitrogens is 1. The molecule has 170 valence electrons. The standard InChI is InChI=1S/C24H16N2O7S/c1-26-17-11-10-16(25-12-6-8-13(9-7-12)34(31,32)33)19-20(17)18(21(23(26)28)24(29)30)14-4-2-3-5-15(14)22(19)27/h2-11,25H,1H3,(H,29,30)(H,31,32,33). The van der Waals surface area contributed by atoms with Gasteiger partial charge in [-0.1, -0.05) is 24.3 Å². The molecule has 0 spiro atoms. The summed E-state index contributed by atoms with van der Waals surface area (Å²) >= 11 is 0. The van der Waals surface area contributed by atoms with E-state index in [-0.39, 0.29) is 27.4 Å². The van der Waals surface area contributed by atoms with Gasteiger partial charge >= 0.3 is 5.97 Å². The minimum absolute atomic E-state index is 0.182. The maximum absolute atomic E-state index is 13.6. The number of benzene rings is 3. The lowest BCUT2D eigenvalue weighted by molar-refractivity contribution is 0.0695. The molecule has 0 unspecified atom stereocenters. The summed E-state index contributed by atoms with van der Waals surface area (Å²) < 4.78 is 33.0. The number of nitrogens with one attached hydrogen (secondary N) is 1. The van der Waals surface area contributed by atoms with Crippen LogP contribution in [-0.4, -0.2) is 34.4 Å². The van der Waals surface area contributed by atoms with Crippen LogP contribution in [0.5, 0.6) is 0 Å². The Hall–Kier alpha value is -4.28. The Morgan fingerprint density at radius 3 is 2.18 bits per heavy atom. The number of aryl methyl sites for hydroxylation is 1. The first-order valence-electron chi connectivity index (χ1n) is 10.0. The monoisotopic (exact) mass is 476 g/mol. The number of carboxylic acid groups (broad SMARTS) is 1. The Morgan fingerprint density at radius 2 is 1.56 bits per heavy atom. The molecule has 3 aromatic carbocycles. The molecule has 34 heavy (non-hydrogen) atoms. The number of pyridine rings is 1. The predicted octanol–water partition coefficient (Wildman–Crippen LogP) is 3.44. The van der Waals surface area contributed by atoms with Crippen molar-refractivity contribution in [3.05, 3.63) is 87.7 Å². The molecular weight excluding hydrogens is 460 g/mol. The molecule has 1 aliphatic carbocycles. The molecule has 4 aromatic rings. The summed E-state index contributed by atoms with van der Waals surface area (Å²) in [5.41, 5.74) is 1.08. The van der Waals surface area contributed by atoms with Crippen LogP contribution in [0.2, 0.25) is 0 Å². The van der Waals surface area contributed by atoms with E-state index in [1.54, 1.807) is 36.4 Å². The van der Waals surface area contributed by atoms with Gasteiger partial charge in [0.1, 0.15) is 5.56 Å². The van der Waals surface area contributed by atoms with E-state index in [0.29, 0.717) is 27.8 Å². The molecule has 9 nitrogen and oxygen atoms in total. The maximum Gasteiger partial charge on any atom is 0.342 e. The van der Waals surface area contributed by atoms with Crippen molar-refractivity contribution in [3.63, 3.8) is 0 Å². The van der Waals surface area contributed by atoms with Crippen molar-refractivity contribution in [2.24, 2.45) is 7.05 Å². The summed E-state index contributed by atoms with van der Waals surface area (Å²) in [7, 11) is -2.92. The van der Waals surface area contributed by atoms with E-state index < -0.39 is 27.2 Å². The van der Waals surface area contributed by atoms with Gasteiger partial charge in [0.05, 0.1) is 21.7 Å². The van der Waals surface area contributed by atoms with Crippen molar-refractivity contribution in [2.75, 3.05) is 5.32 Å². The van der Waals surface area contributed by atoms with Crippen LogP contribution in [0, 0.1) is 0 Å². The van der Waals surface area contributed by atoms with Gasteiger partial charge < -0.3 is 15.0 Å². The average Bonchev–Trinajstić information content (AvgIpc) is 2.79. The van der Waals surface area contributed by atoms with Crippen LogP contribution in [0.4, 0.5) is 11.4 Å². The molecule has 0 radical (unpaired) electrons. The molecule has 0 amide bonds. The quantitative estimate of drug-likeness (QED) is 0.335. The van der Waals surface area contributed by atoms with Crippen molar-refractivity contribution >= 4 is 44.1 Å². The number of carboxylic acids is 1. The van der Waals surface area contributed by atoms with Crippen molar-refractivity contribution in [3.8, 4) is 11.1 Å². The average molecular weight is 476 g/mol. The molecular formula is C24H16N2O7S. The largest absolute Gasteiger partial charge is 0.477 e. The van der Waals surface area contributed by atoms with E-state index in [9.17, 15) is 32.5 Å². The zero-order chi connectivity index (χ0) is 24.4. The first-order chi connectivity index (χ1) is 16.1. The Labute approximate surface area is 192 Å². The fraction of sp³-hybridized carbons (Fsp3) is 0.0417. The van der Waals surface area contributed by atoms with Gasteiger partial charge in [0.15, 0.2) is 5.78 Å². The van der Waals surface area contributed by atoms with E-state index in [4.69, 9.17) is 0 Å². The van der Waals surface area contributed by atoms with Gasteiger partial charge in [-0.3, -0.25) is 14.1 Å². The van der Waals surface area contributed by atoms with Gasteiger partial charge in [0, 0.05) is 29.2 Å². The summed E-state index contributed by atoms with van der Waals surface area (Å²) in [4.78, 5) is 38.4. The first-order valence-corrected chi connectivity index (χ1v) is 11.4. The second-order valence-electron chi connectivity index (χ2n) is 7.80. The molecule has 0 atom stereocenters. The highest BCUT2D eigenvalue weighted by molar-refractivity contribution is 7.85. The predicted molar refractivity (Wildman–Crippen MR) is 125 cm³/mol. The fourth-order valence-corrected chi connectivity index (χ4v) is 4.82. The molecule has 3 N–H and O–H groups in total. The number of fused-ring (bicyclic) bond motifs is 2. The number of carbonyl (C=O) groups is 2. The number of hydrogen-bond acceptors (Lipinski definition) is 6. The van der Waals surface area contributed by atoms with Crippen molar-refractivity contribution < 1.29 is 27.7 Å². The minimum Gasteiger partial charge on any atom is -0.477 e. The van der Waals surface area contributed by atoms with Gasteiger partial charge in [-0.2, -0.15) is 8.42 Å². The minimum atomic E-state index is -4.36. The Morgan fingerprint density at radius 1 is 0.912 bits per heavy atom. The van der Waals surface area contributed by atoms with Crippen LogP contribution in [0.3, 0.4) is 0 Å². The molecule has 0 bridgehead atoms. The first kappa shape index (κ1) is 21.6. The highest BCUT2D eigenvalue weighted by atomic mass is 32.2. The van der Waals surface area contributed by atoms with Gasteiger partial charge in [0.25, 0.3) is 15.7 Å². The maximum atomic E-state index is 13.6. The molecule has 0 saturated heterocycles. The molecule has 5 rings (SSSR count). The summed E-state index contributed by atoms with van der Waals surface area (Å²) in [5, 5.41) is 13.3. The number of hydrogen-bond donors (Lipinski definition) is 3. The summed E-state index contributed by atoms with van der Waals surface area (Å²) in [5.74, 6) is -1.74. The summed E-state index contributed by atoms with van der Waals surface area (Å²) in [6.07, 6.45) is 0. The third kappa shape index (κ3) is 3.11. The smallest absolute Gasteiger partial charge is 0.342 e. The van der Waals surface area contributed by atoms with Crippen LogP contribution in [0.25, 0.3) is 22.0 Å². The number of ketones is 1. The van der Waals surface area contributed by atoms with Gasteiger partial charge in [0.2, 0.25) is 0 Å². The third-order valence-corrected chi connectivity index (χ3v) is 6.74. The summed E-state index contributed by atoms with van der Waals surface area (Å²) in [6, 6.07) is 15.0. The molecule has 0 fully saturated rings. The molecule has 1 aliphatic rings. The number of rotatable bonds is 4. The Balaban J connectivity index is 1.83. The SMILES string of the molecule is Cn1c(=O)c(C(=O)O)c2c3c(c(Nc4ccc(S(=O)(=O)O)cc4)ccc31)C(=O)c1ccccc1-2. The van der Waals surface area contributed by atoms with E-state index in [0.717, 1.165) is 0 Å². The van der Waals surface area contributed by atoms with Crippen molar-refractivity contribution in [1.82, 2.24) is 4.57 Å². The van der Waals surface area contributed by atoms with Gasteiger partial charge in [-0.25, -0.2) is 4.79 Å². The third-order valence-electron chi connectivity index (χ3n) is 5.88. The van der Waals surface area contributed by atoms with Crippen LogP contribution >= 0.6 is 0 Å². The van der Waals surface area contributed by atoms with Crippen molar-refractivity contribution in [1.29, 1.82) is 0 Å². The van der Waals surface area contributed by atoms with Crippen molar-refractivity contribution in [2.45, 2.75) is 4.90 Å². The normalized spacial score (nSPS) is 12.5. The highest BCUT2D eigenvalue weighted by Gasteiger charge is 2.33. The molecule has 0 aliphatic heterocycles. The topological polar surface area (TPSA) is 143 Å². The number of anilines is 2. The van der Waals surface area contributed by atoms with Crippen LogP contribution in [-0.2, 0) is 17.2 Å². The zero-order valence-electron chi connectivity index (χ0n) is 17.6. The lowest BCUT2D eigenvalue weighted by Gasteiger charge is -2.25. The van der Waals surface area contributed by atoms with E-state index >= 15 is 0 Å². The number of nitrogens with zero attached hydrogens (tertiary/aromatic N) is 1. The number of aromatic carboxylic acids is 1. The zero-order valence-corrected chi connectivity index (χ0v) is 18.4. The number of carbonyl (C=O) groups excluding carboxylic acids is 1. The molecule has 0 saturated carbocycles. The lowest BCUT2D eigenvalue weighted by Crippen LogP contribution is -2.28. The molecule has 1 heterocycles. The Kier molecular flexibility index (Phi) is 4.67. The molecule has 1 aromatic heterocycles. The van der Waals surface area contributed by atoms with Crippen LogP contribution in [0.15, 0.2) is 70.4 Å². The second kappa shape index (κ2) is 7.37. The van der Waals surface area contributed by atoms with E-state index in [1.165, 1.54) is 35.9 Å². The van der Waals surface area contributed by atoms with E-state index in [2.05, 4.69) is 5.32 Å². The van der Waals surface area contributed by atoms with Crippen LogP contribution in [0.1, 0.15) is 26.3 Å². The summed E-state index contributed by atoms with van der Waals surface area (Å²) in [6.45, 7) is 0. The van der Waals surface area contributed by atoms with Gasteiger partial charge in [-0.15, -0.1) is 0 Å². The molecule has 10 heteroatoms. The highest BCUT2D eigenvalue weighted by Crippen LogP contribution is 2.43. The van der Waals surface area contributed by atoms with Gasteiger partial charge in [-0.05, 0) is 42.0 Å². The fourth-order valence-electron chi connectivity index (χ4n) is 4.34. The second-order valence-corrected chi connectivity index (χ2v) is 9.22. The lowest BCUT2D eigenvalue weighted by atomic mass is 9.81. The van der Waals surface area contributed by atoms with E-state index in [1.807, 2.05) is 0 Å².